The second-order valence-corrected chi connectivity index (χ2v) is 6.83. The minimum absolute atomic E-state index is 0.390. The van der Waals surface area contributed by atoms with Crippen molar-refractivity contribution in [1.82, 2.24) is 0 Å². The molecule has 8 nitrogen and oxygen atoms in total. The van der Waals surface area contributed by atoms with Gasteiger partial charge in [0.15, 0.2) is 0 Å². The van der Waals surface area contributed by atoms with Gasteiger partial charge in [-0.2, -0.15) is 5.26 Å². The summed E-state index contributed by atoms with van der Waals surface area (Å²) in [7, 11) is 0. The Hall–Kier alpha value is -1.31. The third kappa shape index (κ3) is 3.97. The van der Waals surface area contributed by atoms with Gasteiger partial charge in [0.2, 0.25) is 0 Å². The van der Waals surface area contributed by atoms with Crippen LogP contribution in [0.1, 0.15) is 5.56 Å². The van der Waals surface area contributed by atoms with Gasteiger partial charge in [0.05, 0.1) is 24.3 Å². The molecule has 0 amide bonds. The van der Waals surface area contributed by atoms with E-state index >= 15 is 0 Å². The zero-order valence-corrected chi connectivity index (χ0v) is 14.1. The van der Waals surface area contributed by atoms with Crippen LogP contribution in [-0.2, 0) is 4.74 Å². The minimum atomic E-state index is -1.32. The maximum Gasteiger partial charge on any atom is 0.134 e. The number of hydrogen-bond acceptors (Lipinski definition) is 7. The van der Waals surface area contributed by atoms with Crippen molar-refractivity contribution < 1.29 is 20.1 Å². The third-order valence-electron chi connectivity index (χ3n) is 3.34. The largest absolute Gasteiger partial charge is 0.394 e. The Bertz CT molecular complexity index is 664. The zero-order chi connectivity index (χ0) is 17.0. The van der Waals surface area contributed by atoms with Gasteiger partial charge >= 0.3 is 0 Å². The highest BCUT2D eigenvalue weighted by Crippen LogP contribution is 2.36. The van der Waals surface area contributed by atoms with Crippen LogP contribution in [-0.4, -0.2) is 51.7 Å². The first kappa shape index (κ1) is 18.0. The quantitative estimate of drug-likeness (QED) is 0.397. The normalized spacial score (nSPS) is 30.3. The molecular weight excluding hydrogens is 388 g/mol. The predicted molar refractivity (Wildman–Crippen MR) is 85.4 cm³/mol. The van der Waals surface area contributed by atoms with Gasteiger partial charge in [-0.05, 0) is 23.7 Å². The Morgan fingerprint density at radius 2 is 2.17 bits per heavy atom. The van der Waals surface area contributed by atoms with Crippen LogP contribution in [0, 0.1) is 11.3 Å². The fourth-order valence-corrected chi connectivity index (χ4v) is 3.87. The van der Waals surface area contributed by atoms with Crippen molar-refractivity contribution in [3.8, 4) is 6.07 Å². The Balaban J connectivity index is 2.30. The molecule has 0 aromatic heterocycles. The standard InChI is InChI=1S/C13H13BrN4O4S/c14-7-2-1-6(4-15)9(3-7)23-13-12(21)10(17-18-16)11(20)8(5-19)22-13/h1-3,8,10-13,19-21H,5H2/t8-,10+,11+,12-,13-/m1/s1. The van der Waals surface area contributed by atoms with E-state index in [-0.39, 0.29) is 0 Å². The van der Waals surface area contributed by atoms with Crippen LogP contribution in [0.2, 0.25) is 0 Å². The van der Waals surface area contributed by atoms with E-state index in [1.165, 1.54) is 0 Å². The summed E-state index contributed by atoms with van der Waals surface area (Å²) in [5, 5.41) is 42.1. The number of nitrogens with zero attached hydrogens (tertiary/aromatic N) is 4. The number of thioether (sulfide) groups is 1. The van der Waals surface area contributed by atoms with E-state index in [0.717, 1.165) is 16.2 Å². The van der Waals surface area contributed by atoms with Gasteiger partial charge in [-0.1, -0.05) is 32.8 Å². The molecule has 1 aromatic carbocycles. The van der Waals surface area contributed by atoms with Crippen LogP contribution in [0.4, 0.5) is 0 Å². The van der Waals surface area contributed by atoms with Crippen molar-refractivity contribution in [2.75, 3.05) is 6.61 Å². The minimum Gasteiger partial charge on any atom is -0.394 e. The lowest BCUT2D eigenvalue weighted by Gasteiger charge is -2.40. The van der Waals surface area contributed by atoms with E-state index in [1.54, 1.807) is 18.2 Å². The lowest BCUT2D eigenvalue weighted by molar-refractivity contribution is -0.159. The predicted octanol–water partition coefficient (Wildman–Crippen LogP) is 1.53. The molecular formula is C13H13BrN4O4S. The molecule has 23 heavy (non-hydrogen) atoms. The Labute approximate surface area is 144 Å². The number of benzene rings is 1. The molecule has 1 aliphatic rings. The fourth-order valence-electron chi connectivity index (χ4n) is 2.17. The molecule has 1 saturated heterocycles. The van der Waals surface area contributed by atoms with Crippen molar-refractivity contribution in [3.05, 3.63) is 38.7 Å². The van der Waals surface area contributed by atoms with E-state index in [0.29, 0.717) is 10.5 Å². The van der Waals surface area contributed by atoms with Gasteiger partial charge in [-0.25, -0.2) is 0 Å². The number of hydrogen-bond donors (Lipinski definition) is 3. The van der Waals surface area contributed by atoms with E-state index in [2.05, 4.69) is 26.0 Å². The SMILES string of the molecule is N#Cc1ccc(Br)cc1S[C@H]1O[C@H](CO)[C@H](O)[C@H](N=[N+]=[N-])[C@H]1O. The molecule has 1 fully saturated rings. The zero-order valence-electron chi connectivity index (χ0n) is 11.7. The molecule has 0 radical (unpaired) electrons. The van der Waals surface area contributed by atoms with Crippen molar-refractivity contribution in [2.24, 2.45) is 5.11 Å². The number of ether oxygens (including phenoxy) is 1. The molecule has 122 valence electrons. The number of azide groups is 1. The van der Waals surface area contributed by atoms with Gasteiger partial charge in [0.1, 0.15) is 23.7 Å². The number of halogens is 1. The smallest absolute Gasteiger partial charge is 0.134 e. The van der Waals surface area contributed by atoms with Crippen LogP contribution in [0.25, 0.3) is 10.4 Å². The highest BCUT2D eigenvalue weighted by Gasteiger charge is 2.44. The lowest BCUT2D eigenvalue weighted by atomic mass is 9.98. The molecule has 0 spiro atoms. The lowest BCUT2D eigenvalue weighted by Crippen LogP contribution is -2.56. The van der Waals surface area contributed by atoms with Crippen molar-refractivity contribution >= 4 is 27.7 Å². The average Bonchev–Trinajstić information content (AvgIpc) is 2.54. The molecule has 0 saturated carbocycles. The maximum atomic E-state index is 10.3. The van der Waals surface area contributed by atoms with Crippen molar-refractivity contribution in [2.45, 2.75) is 34.7 Å². The number of rotatable bonds is 4. The third-order valence-corrected chi connectivity index (χ3v) is 5.05. The highest BCUT2D eigenvalue weighted by atomic mass is 79.9. The van der Waals surface area contributed by atoms with Crippen LogP contribution in [0.3, 0.4) is 0 Å². The molecule has 1 heterocycles. The van der Waals surface area contributed by atoms with Crippen molar-refractivity contribution in [3.63, 3.8) is 0 Å². The molecule has 0 bridgehead atoms. The molecule has 2 rings (SSSR count). The Morgan fingerprint density at radius 1 is 1.43 bits per heavy atom. The first-order chi connectivity index (χ1) is 11.0. The van der Waals surface area contributed by atoms with E-state index in [1.807, 2.05) is 6.07 Å². The number of nitriles is 1. The van der Waals surface area contributed by atoms with Crippen LogP contribution < -0.4 is 0 Å². The summed E-state index contributed by atoms with van der Waals surface area (Å²) in [5.41, 5.74) is 8.06. The second kappa shape index (κ2) is 7.99. The summed E-state index contributed by atoms with van der Waals surface area (Å²) in [4.78, 5) is 3.17. The first-order valence-electron chi connectivity index (χ1n) is 6.54. The van der Waals surface area contributed by atoms with Crippen LogP contribution in [0.15, 0.2) is 32.7 Å². The number of aliphatic hydroxyl groups is 3. The summed E-state index contributed by atoms with van der Waals surface area (Å²) in [5.74, 6) is 0. The molecule has 10 heteroatoms. The number of aliphatic hydroxyl groups excluding tert-OH is 3. The van der Waals surface area contributed by atoms with Gasteiger partial charge < -0.3 is 20.1 Å². The van der Waals surface area contributed by atoms with E-state index in [4.69, 9.17) is 15.5 Å². The average molecular weight is 401 g/mol. The Kier molecular flexibility index (Phi) is 6.26. The van der Waals surface area contributed by atoms with E-state index < -0.39 is 36.4 Å². The molecule has 0 aliphatic carbocycles. The van der Waals surface area contributed by atoms with Crippen molar-refractivity contribution in [1.29, 1.82) is 5.26 Å². The van der Waals surface area contributed by atoms with Crippen LogP contribution >= 0.6 is 27.7 Å². The molecule has 1 aromatic rings. The van der Waals surface area contributed by atoms with Crippen LogP contribution in [0.5, 0.6) is 0 Å². The summed E-state index contributed by atoms with van der Waals surface area (Å²) in [6.45, 7) is -0.494. The van der Waals surface area contributed by atoms with Gasteiger partial charge in [0, 0.05) is 14.3 Å². The molecule has 5 atom stereocenters. The fraction of sp³-hybridized carbons (Fsp3) is 0.462. The summed E-state index contributed by atoms with van der Waals surface area (Å²) >= 11 is 4.36. The van der Waals surface area contributed by atoms with Gasteiger partial charge in [0.25, 0.3) is 0 Å². The maximum absolute atomic E-state index is 10.3. The molecule has 1 aliphatic heterocycles. The first-order valence-corrected chi connectivity index (χ1v) is 8.22. The summed E-state index contributed by atoms with van der Waals surface area (Å²) in [6, 6.07) is 5.91. The Morgan fingerprint density at radius 3 is 2.78 bits per heavy atom. The van der Waals surface area contributed by atoms with E-state index in [9.17, 15) is 15.3 Å². The second-order valence-electron chi connectivity index (χ2n) is 4.77. The monoisotopic (exact) mass is 400 g/mol. The summed E-state index contributed by atoms with van der Waals surface area (Å²) in [6.07, 6.45) is -3.61. The topological polar surface area (TPSA) is 142 Å². The van der Waals surface area contributed by atoms with Gasteiger partial charge in [-0.15, -0.1) is 0 Å². The summed E-state index contributed by atoms with van der Waals surface area (Å²) < 4.78 is 6.23. The highest BCUT2D eigenvalue weighted by molar-refractivity contribution is 9.10. The molecule has 3 N–H and O–H groups in total. The van der Waals surface area contributed by atoms with Gasteiger partial charge in [-0.3, -0.25) is 0 Å². The molecule has 0 unspecified atom stereocenters.